The maximum atomic E-state index is 12.3. The van der Waals surface area contributed by atoms with Crippen molar-refractivity contribution in [1.29, 1.82) is 0 Å². The van der Waals surface area contributed by atoms with Gasteiger partial charge in [0, 0.05) is 6.42 Å². The molecule has 20 heavy (non-hydrogen) atoms. The average molecular weight is 284 g/mol. The normalized spacial score (nSPS) is 30.1. The summed E-state index contributed by atoms with van der Waals surface area (Å²) >= 11 is 0. The number of carbonyl (C=O) groups excluding carboxylic acids is 1. The number of rotatable bonds is 5. The van der Waals surface area contributed by atoms with E-state index in [4.69, 9.17) is 9.47 Å². The Morgan fingerprint density at radius 2 is 1.90 bits per heavy atom. The average Bonchev–Trinajstić information content (AvgIpc) is 3.06. The Bertz CT molecular complexity index is 374. The Kier molecular flexibility index (Phi) is 4.68. The molecule has 0 spiro atoms. The Morgan fingerprint density at radius 3 is 2.35 bits per heavy atom. The summed E-state index contributed by atoms with van der Waals surface area (Å²) in [5, 5.41) is 9.76. The van der Waals surface area contributed by atoms with Gasteiger partial charge in [0.1, 0.15) is 0 Å². The molecule has 1 N–H and O–H groups in total. The maximum Gasteiger partial charge on any atom is 0.323 e. The van der Waals surface area contributed by atoms with Crippen LogP contribution < -0.4 is 0 Å². The molecule has 0 bridgehead atoms. The lowest BCUT2D eigenvalue weighted by molar-refractivity contribution is -0.175. The molecule has 1 aliphatic carbocycles. The predicted octanol–water partition coefficient (Wildman–Crippen LogP) is 2.38. The second-order valence-corrected chi connectivity index (χ2v) is 6.10. The van der Waals surface area contributed by atoms with Gasteiger partial charge in [-0.2, -0.15) is 0 Å². The third kappa shape index (κ3) is 2.68. The van der Waals surface area contributed by atoms with Crippen LogP contribution in [0.3, 0.4) is 0 Å². The summed E-state index contributed by atoms with van der Waals surface area (Å²) < 4.78 is 10.6. The highest BCUT2D eigenvalue weighted by Gasteiger charge is 2.55. The number of hydrogen-bond donors (Lipinski definition) is 1. The highest BCUT2D eigenvalue weighted by molar-refractivity contribution is 5.99. The van der Waals surface area contributed by atoms with Crippen LogP contribution in [0.2, 0.25) is 0 Å². The number of carboxylic acids is 1. The summed E-state index contributed by atoms with van der Waals surface area (Å²) in [6, 6.07) is 0. The van der Waals surface area contributed by atoms with Crippen LogP contribution in [0.25, 0.3) is 0 Å². The molecule has 3 atom stereocenters. The van der Waals surface area contributed by atoms with Gasteiger partial charge >= 0.3 is 11.9 Å². The van der Waals surface area contributed by atoms with E-state index in [0.29, 0.717) is 0 Å². The summed E-state index contributed by atoms with van der Waals surface area (Å²) in [7, 11) is 1.27. The summed E-state index contributed by atoms with van der Waals surface area (Å²) in [4.78, 5) is 24.2. The van der Waals surface area contributed by atoms with E-state index in [1.807, 2.05) is 6.92 Å². The van der Waals surface area contributed by atoms with Crippen molar-refractivity contribution < 1.29 is 24.2 Å². The number of esters is 1. The fourth-order valence-corrected chi connectivity index (χ4v) is 3.76. The summed E-state index contributed by atoms with van der Waals surface area (Å²) in [6.07, 6.45) is 5.51. The first-order chi connectivity index (χ1) is 9.50. The molecule has 1 heterocycles. The van der Waals surface area contributed by atoms with Crippen LogP contribution >= 0.6 is 0 Å². The first kappa shape index (κ1) is 15.3. The molecule has 0 aromatic heterocycles. The first-order valence-corrected chi connectivity index (χ1v) is 7.48. The molecule has 0 aromatic rings. The largest absolute Gasteiger partial charge is 0.480 e. The van der Waals surface area contributed by atoms with Gasteiger partial charge in [-0.15, -0.1) is 0 Å². The molecular weight excluding hydrogens is 260 g/mol. The molecule has 2 aliphatic rings. The van der Waals surface area contributed by atoms with Crippen LogP contribution in [0.4, 0.5) is 0 Å². The lowest BCUT2D eigenvalue weighted by atomic mass is 9.70. The SMILES string of the molecule is COC(=O)C(CC1CCC(C)O1)(C(=O)O)C1CCCC1. The summed E-state index contributed by atoms with van der Waals surface area (Å²) in [5.74, 6) is -1.80. The zero-order valence-corrected chi connectivity index (χ0v) is 12.3. The van der Waals surface area contributed by atoms with Crippen molar-refractivity contribution in [2.24, 2.45) is 11.3 Å². The molecule has 3 unspecified atom stereocenters. The number of methoxy groups -OCH3 is 1. The lowest BCUT2D eigenvalue weighted by Gasteiger charge is -2.34. The van der Waals surface area contributed by atoms with Gasteiger partial charge in [0.2, 0.25) is 0 Å². The minimum absolute atomic E-state index is 0.132. The Labute approximate surface area is 119 Å². The van der Waals surface area contributed by atoms with E-state index in [2.05, 4.69) is 0 Å². The van der Waals surface area contributed by atoms with Crippen molar-refractivity contribution >= 4 is 11.9 Å². The number of aliphatic carboxylic acids is 1. The first-order valence-electron chi connectivity index (χ1n) is 7.48. The van der Waals surface area contributed by atoms with Gasteiger partial charge in [-0.1, -0.05) is 12.8 Å². The van der Waals surface area contributed by atoms with Crippen molar-refractivity contribution in [3.05, 3.63) is 0 Å². The van der Waals surface area contributed by atoms with Crippen molar-refractivity contribution in [1.82, 2.24) is 0 Å². The van der Waals surface area contributed by atoms with E-state index in [-0.39, 0.29) is 24.5 Å². The van der Waals surface area contributed by atoms with Crippen LogP contribution in [0.1, 0.15) is 51.9 Å². The van der Waals surface area contributed by atoms with Crippen LogP contribution in [-0.4, -0.2) is 36.4 Å². The van der Waals surface area contributed by atoms with Gasteiger partial charge in [-0.05, 0) is 38.5 Å². The van der Waals surface area contributed by atoms with Crippen LogP contribution in [0.15, 0.2) is 0 Å². The van der Waals surface area contributed by atoms with Gasteiger partial charge in [0.25, 0.3) is 0 Å². The Hall–Kier alpha value is -1.10. The predicted molar refractivity (Wildman–Crippen MR) is 72.2 cm³/mol. The van der Waals surface area contributed by atoms with Crippen molar-refractivity contribution in [3.8, 4) is 0 Å². The molecule has 114 valence electrons. The Morgan fingerprint density at radius 1 is 1.25 bits per heavy atom. The quantitative estimate of drug-likeness (QED) is 0.620. The lowest BCUT2D eigenvalue weighted by Crippen LogP contribution is -2.48. The van der Waals surface area contributed by atoms with E-state index in [9.17, 15) is 14.7 Å². The minimum atomic E-state index is -1.43. The minimum Gasteiger partial charge on any atom is -0.480 e. The van der Waals surface area contributed by atoms with E-state index in [1.54, 1.807) is 0 Å². The second-order valence-electron chi connectivity index (χ2n) is 6.10. The van der Waals surface area contributed by atoms with Gasteiger partial charge in [0.15, 0.2) is 5.41 Å². The van der Waals surface area contributed by atoms with Crippen molar-refractivity contribution in [3.63, 3.8) is 0 Å². The number of hydrogen-bond acceptors (Lipinski definition) is 4. The molecule has 5 nitrogen and oxygen atoms in total. The zero-order chi connectivity index (χ0) is 14.8. The molecule has 0 amide bonds. The Balaban J connectivity index is 2.25. The molecule has 2 fully saturated rings. The standard InChI is InChI=1S/C15H24O5/c1-10-7-8-12(20-10)9-15(13(16)17,14(18)19-2)11-5-3-4-6-11/h10-12H,3-9H2,1-2H3,(H,16,17). The fourth-order valence-electron chi connectivity index (χ4n) is 3.76. The number of ether oxygens (including phenoxy) is 2. The van der Waals surface area contributed by atoms with Crippen LogP contribution in [-0.2, 0) is 19.1 Å². The van der Waals surface area contributed by atoms with Crippen molar-refractivity contribution in [2.45, 2.75) is 64.1 Å². The summed E-state index contributed by atoms with van der Waals surface area (Å²) in [5.41, 5.74) is -1.43. The zero-order valence-electron chi connectivity index (χ0n) is 12.3. The third-order valence-electron chi connectivity index (χ3n) is 4.85. The topological polar surface area (TPSA) is 72.8 Å². The monoisotopic (exact) mass is 284 g/mol. The van der Waals surface area contributed by atoms with E-state index in [1.165, 1.54) is 7.11 Å². The smallest absolute Gasteiger partial charge is 0.323 e. The number of carboxylic acid groups (broad SMARTS) is 1. The molecule has 5 heteroatoms. The molecule has 2 rings (SSSR count). The van der Waals surface area contributed by atoms with Gasteiger partial charge < -0.3 is 14.6 Å². The molecule has 1 saturated carbocycles. The van der Waals surface area contributed by atoms with Crippen LogP contribution in [0.5, 0.6) is 0 Å². The van der Waals surface area contributed by atoms with Gasteiger partial charge in [-0.3, -0.25) is 9.59 Å². The van der Waals surface area contributed by atoms with E-state index >= 15 is 0 Å². The summed E-state index contributed by atoms with van der Waals surface area (Å²) in [6.45, 7) is 1.98. The van der Waals surface area contributed by atoms with E-state index in [0.717, 1.165) is 38.5 Å². The number of carbonyl (C=O) groups is 2. The third-order valence-corrected chi connectivity index (χ3v) is 4.85. The molecule has 0 radical (unpaired) electrons. The molecule has 0 aromatic carbocycles. The fraction of sp³-hybridized carbons (Fsp3) is 0.867. The maximum absolute atomic E-state index is 12.3. The second kappa shape index (κ2) is 6.12. The highest BCUT2D eigenvalue weighted by atomic mass is 16.5. The van der Waals surface area contributed by atoms with Gasteiger partial charge in [-0.25, -0.2) is 0 Å². The molecule has 1 aliphatic heterocycles. The van der Waals surface area contributed by atoms with Gasteiger partial charge in [0.05, 0.1) is 19.3 Å². The van der Waals surface area contributed by atoms with Crippen molar-refractivity contribution in [2.75, 3.05) is 7.11 Å². The van der Waals surface area contributed by atoms with Crippen LogP contribution in [0, 0.1) is 11.3 Å². The molecular formula is C15H24O5. The highest BCUT2D eigenvalue weighted by Crippen LogP contribution is 2.46. The van der Waals surface area contributed by atoms with E-state index < -0.39 is 17.4 Å². The molecule has 1 saturated heterocycles.